The van der Waals surface area contributed by atoms with Crippen molar-refractivity contribution in [2.24, 2.45) is 0 Å². The quantitative estimate of drug-likeness (QED) is 0.149. The molecule has 0 unspecified atom stereocenters. The molecule has 16 rings (SSSR count). The lowest BCUT2D eigenvalue weighted by Gasteiger charge is -1.94. The third kappa shape index (κ3) is 30.6. The standard InChI is InChI=1S/C10H10O.2C9H7ClO.C9H7FO.C8H7N.C8H8O2.C8H10.C7H7Br.C7H7Cl.C7H6F2.C5H5ClS/c1-7-3-4-10-9(5-7)6-8(2)11-10;1-6-4-7-5-8(10)2-3-9(7)11-6;2*1-6-4-7-2-3-8(10)5-9(7)11-6;1-7-2-4-8(6-9)5-3-7;1-6-2-3-7-8(4-6)10-5-9-7;1-7-3-5-8(2)6-4-7;2*1-6-2-4-7(8)5-3-6;1-5-2-3-6(8)7(9)4-5;1-4-2-3-5(6)7-4/h3-6H,1-2H3;3*2-5H,1H3;2-5H,1H3;2-4H,5H2,1H3;3-6H,1-2H3;2*2-5H,1H3;2-4H,1H3;2-3H,1H3. The molecular formula is C87H81BrCl4F3NO6S. The van der Waals surface area contributed by atoms with Gasteiger partial charge >= 0.3 is 0 Å². The Labute approximate surface area is 634 Å². The molecule has 0 saturated carbocycles. The lowest BCUT2D eigenvalue weighted by molar-refractivity contribution is 0.174. The maximum atomic E-state index is 12.6. The van der Waals surface area contributed by atoms with Gasteiger partial charge in [-0.25, -0.2) is 13.2 Å². The first-order valence-electron chi connectivity index (χ1n) is 32.4. The van der Waals surface area contributed by atoms with Crippen LogP contribution in [0.25, 0.3) is 43.9 Å². The van der Waals surface area contributed by atoms with Crippen LogP contribution in [0, 0.1) is 119 Å². The summed E-state index contributed by atoms with van der Waals surface area (Å²) in [5.74, 6) is 3.51. The molecule has 15 aromatic rings. The van der Waals surface area contributed by atoms with Crippen LogP contribution in [0.4, 0.5) is 13.2 Å². The summed E-state index contributed by atoms with van der Waals surface area (Å²) in [6, 6.07) is 77.5. The van der Waals surface area contributed by atoms with E-state index in [1.807, 2.05) is 207 Å². The number of rotatable bonds is 0. The second kappa shape index (κ2) is 42.2. The van der Waals surface area contributed by atoms with Crippen LogP contribution in [0.1, 0.15) is 78.0 Å². The first kappa shape index (κ1) is 82.5. The van der Waals surface area contributed by atoms with Gasteiger partial charge in [-0.15, -0.1) is 11.3 Å². The SMILES string of the molecule is Cc1cc2cc(Cl)ccc2o1.Cc1cc2ccc(Cl)cc2o1.Cc1cc2ccc(F)cc2o1.Cc1ccc(Br)cc1.Cc1ccc(C#N)cc1.Cc1ccc(C)cc1.Cc1ccc(Cl)cc1.Cc1ccc(Cl)s1.Cc1ccc(F)c(F)c1.Cc1ccc2c(c1)OCO2.Cc1ccc2oc(C)cc2c1. The monoisotopic (exact) mass is 1540 g/mol. The van der Waals surface area contributed by atoms with Gasteiger partial charge in [-0.05, 0) is 259 Å². The van der Waals surface area contributed by atoms with Crippen molar-refractivity contribution in [3.63, 3.8) is 0 Å². The third-order valence-corrected chi connectivity index (χ3v) is 16.7. The number of fused-ring (bicyclic) bond motifs is 5. The van der Waals surface area contributed by atoms with E-state index >= 15 is 0 Å². The van der Waals surface area contributed by atoms with E-state index in [4.69, 9.17) is 78.8 Å². The summed E-state index contributed by atoms with van der Waals surface area (Å²) in [6.45, 7) is 26.2. The Balaban J connectivity index is 0.000000179. The molecule has 0 amide bonds. The van der Waals surface area contributed by atoms with Crippen molar-refractivity contribution in [2.75, 3.05) is 6.79 Å². The summed E-state index contributed by atoms with van der Waals surface area (Å²) in [4.78, 5) is 1.27. The molecule has 0 N–H and O–H groups in total. The first-order valence-corrected chi connectivity index (χ1v) is 35.6. The van der Waals surface area contributed by atoms with E-state index in [0.717, 1.165) is 110 Å². The summed E-state index contributed by atoms with van der Waals surface area (Å²) >= 11 is 27.7. The Morgan fingerprint density at radius 2 is 0.738 bits per heavy atom. The molecule has 5 aromatic heterocycles. The molecule has 532 valence electrons. The number of ether oxygens (including phenoxy) is 2. The average Bonchev–Trinajstić information content (AvgIpc) is 1.72. The second-order valence-electron chi connectivity index (χ2n) is 23.9. The summed E-state index contributed by atoms with van der Waals surface area (Å²) in [6.07, 6.45) is 0. The predicted molar refractivity (Wildman–Crippen MR) is 428 cm³/mol. The summed E-state index contributed by atoms with van der Waals surface area (Å²) in [5.41, 5.74) is 13.7. The van der Waals surface area contributed by atoms with Crippen LogP contribution in [0.2, 0.25) is 19.4 Å². The van der Waals surface area contributed by atoms with Crippen molar-refractivity contribution in [1.29, 1.82) is 5.26 Å². The van der Waals surface area contributed by atoms with Gasteiger partial charge in [-0.1, -0.05) is 175 Å². The Morgan fingerprint density at radius 3 is 1.22 bits per heavy atom. The molecule has 0 bridgehead atoms. The normalized spacial score (nSPS) is 10.3. The Hall–Kier alpha value is -9.42. The first-order chi connectivity index (χ1) is 49.1. The molecule has 16 heteroatoms. The number of nitrogens with zero attached hydrogens (tertiary/aromatic N) is 1. The molecule has 0 saturated heterocycles. The molecular weight excluding hydrogens is 1470 g/mol. The molecule has 1 aliphatic heterocycles. The van der Waals surface area contributed by atoms with E-state index in [-0.39, 0.29) is 5.82 Å². The van der Waals surface area contributed by atoms with E-state index < -0.39 is 11.6 Å². The maximum absolute atomic E-state index is 12.6. The van der Waals surface area contributed by atoms with Gasteiger partial charge in [-0.2, -0.15) is 5.26 Å². The zero-order chi connectivity index (χ0) is 75.1. The maximum Gasteiger partial charge on any atom is 0.231 e. The lowest BCUT2D eigenvalue weighted by atomic mass is 10.2. The van der Waals surface area contributed by atoms with Gasteiger partial charge in [0.1, 0.15) is 51.2 Å². The molecule has 0 fully saturated rings. The molecule has 0 atom stereocenters. The highest BCUT2D eigenvalue weighted by Crippen LogP contribution is 2.32. The number of thiophene rings is 1. The topological polar surface area (TPSA) is 94.8 Å². The zero-order valence-corrected chi connectivity index (χ0v) is 65.1. The van der Waals surface area contributed by atoms with Crippen LogP contribution in [-0.4, -0.2) is 6.79 Å². The molecule has 1 aliphatic rings. The molecule has 7 nitrogen and oxygen atoms in total. The minimum atomic E-state index is -0.791. The summed E-state index contributed by atoms with van der Waals surface area (Å²) in [5, 5.41) is 15.0. The highest BCUT2D eigenvalue weighted by Gasteiger charge is 2.11. The number of halogens is 8. The van der Waals surface area contributed by atoms with E-state index in [0.29, 0.717) is 17.4 Å². The minimum absolute atomic E-state index is 0.258. The van der Waals surface area contributed by atoms with Crippen molar-refractivity contribution < 1.29 is 40.3 Å². The summed E-state index contributed by atoms with van der Waals surface area (Å²) < 4.78 is 70.6. The molecule has 10 aromatic carbocycles. The predicted octanol–water partition coefficient (Wildman–Crippen LogP) is 29.0. The minimum Gasteiger partial charge on any atom is -0.461 e. The molecule has 0 aliphatic carbocycles. The largest absolute Gasteiger partial charge is 0.461 e. The smallest absolute Gasteiger partial charge is 0.231 e. The Bertz CT molecular complexity index is 4620. The fourth-order valence-corrected chi connectivity index (χ4v) is 10.8. The van der Waals surface area contributed by atoms with Gasteiger partial charge in [0.15, 0.2) is 23.1 Å². The van der Waals surface area contributed by atoms with Crippen molar-refractivity contribution in [1.82, 2.24) is 0 Å². The van der Waals surface area contributed by atoms with E-state index in [1.54, 1.807) is 24.3 Å². The summed E-state index contributed by atoms with van der Waals surface area (Å²) in [7, 11) is 0. The van der Waals surface area contributed by atoms with Crippen molar-refractivity contribution in [3.8, 4) is 17.6 Å². The van der Waals surface area contributed by atoms with Crippen molar-refractivity contribution in [3.05, 3.63) is 362 Å². The molecule has 103 heavy (non-hydrogen) atoms. The number of hydrogen-bond acceptors (Lipinski definition) is 8. The van der Waals surface area contributed by atoms with Crippen molar-refractivity contribution >= 4 is 118 Å². The van der Waals surface area contributed by atoms with Gasteiger partial charge in [-0.3, -0.25) is 0 Å². The fourth-order valence-electron chi connectivity index (χ4n) is 9.06. The fraction of sp³-hybridized carbons (Fsp3) is 0.161. The third-order valence-electron chi connectivity index (χ3n) is 14.3. The van der Waals surface area contributed by atoms with Gasteiger partial charge in [0.2, 0.25) is 6.79 Å². The van der Waals surface area contributed by atoms with Gasteiger partial charge < -0.3 is 27.1 Å². The molecule has 0 radical (unpaired) electrons. The van der Waals surface area contributed by atoms with Crippen LogP contribution in [-0.2, 0) is 0 Å². The highest BCUT2D eigenvalue weighted by atomic mass is 79.9. The van der Waals surface area contributed by atoms with E-state index in [1.165, 1.54) is 67.4 Å². The average molecular weight is 1550 g/mol. The van der Waals surface area contributed by atoms with Crippen LogP contribution < -0.4 is 9.47 Å². The van der Waals surface area contributed by atoms with Gasteiger partial charge in [0.25, 0.3) is 0 Å². The van der Waals surface area contributed by atoms with E-state index in [2.05, 4.69) is 104 Å². The van der Waals surface area contributed by atoms with Crippen molar-refractivity contribution in [2.45, 2.75) is 90.0 Å². The van der Waals surface area contributed by atoms with Gasteiger partial charge in [0.05, 0.1) is 16.0 Å². The van der Waals surface area contributed by atoms with Crippen LogP contribution in [0.5, 0.6) is 11.5 Å². The molecule has 6 heterocycles. The van der Waals surface area contributed by atoms with Crippen LogP contribution >= 0.6 is 73.7 Å². The number of hydrogen-bond donors (Lipinski definition) is 0. The second-order valence-corrected chi connectivity index (χ2v) is 28.0. The van der Waals surface area contributed by atoms with E-state index in [9.17, 15) is 13.2 Å². The number of benzene rings is 10. The number of furan rings is 4. The van der Waals surface area contributed by atoms with Gasteiger partial charge in [0, 0.05) is 52.0 Å². The van der Waals surface area contributed by atoms with Crippen LogP contribution in [0.3, 0.4) is 0 Å². The Morgan fingerprint density at radius 1 is 0.340 bits per heavy atom. The number of nitriles is 1. The highest BCUT2D eigenvalue weighted by molar-refractivity contribution is 9.10. The lowest BCUT2D eigenvalue weighted by Crippen LogP contribution is -1.92. The van der Waals surface area contributed by atoms with Crippen LogP contribution in [0.15, 0.2) is 265 Å². The Kier molecular flexibility index (Phi) is 33.8. The number of aryl methyl sites for hydroxylation is 13. The zero-order valence-electron chi connectivity index (χ0n) is 59.6. The molecule has 0 spiro atoms.